The number of rotatable bonds is 7. The predicted octanol–water partition coefficient (Wildman–Crippen LogP) is 3.14. The van der Waals surface area contributed by atoms with Crippen LogP contribution in [-0.4, -0.2) is 32.2 Å². The molecule has 0 saturated heterocycles. The fourth-order valence-corrected chi connectivity index (χ4v) is 2.10. The number of carbonyl (C=O) groups excluding carboxylic acids is 2. The number of amides is 3. The normalized spacial score (nSPS) is 10.4. The van der Waals surface area contributed by atoms with Crippen LogP contribution in [0.4, 0.5) is 20.6 Å². The van der Waals surface area contributed by atoms with Crippen molar-refractivity contribution in [3.8, 4) is 0 Å². The summed E-state index contributed by atoms with van der Waals surface area (Å²) >= 11 is 0. The molecule has 134 valence electrons. The number of hydrogen-bond donors (Lipinski definition) is 3. The maximum Gasteiger partial charge on any atom is 0.319 e. The third kappa shape index (κ3) is 5.32. The van der Waals surface area contributed by atoms with Crippen LogP contribution < -0.4 is 16.0 Å². The van der Waals surface area contributed by atoms with Crippen LogP contribution in [0.5, 0.6) is 0 Å². The van der Waals surface area contributed by atoms with Gasteiger partial charge in [-0.15, -0.1) is 0 Å². The molecule has 0 radical (unpaired) electrons. The molecule has 1 aromatic carbocycles. The molecule has 1 heterocycles. The second-order valence-corrected chi connectivity index (χ2v) is 5.27. The smallest absolute Gasteiger partial charge is 0.319 e. The van der Waals surface area contributed by atoms with E-state index in [1.807, 2.05) is 0 Å². The van der Waals surface area contributed by atoms with Gasteiger partial charge in [-0.3, -0.25) is 4.79 Å². The number of benzene rings is 1. The van der Waals surface area contributed by atoms with E-state index in [4.69, 9.17) is 9.15 Å². The molecule has 25 heavy (non-hydrogen) atoms. The van der Waals surface area contributed by atoms with E-state index in [0.717, 1.165) is 0 Å². The van der Waals surface area contributed by atoms with Gasteiger partial charge in [0, 0.05) is 25.9 Å². The van der Waals surface area contributed by atoms with Crippen molar-refractivity contribution in [1.82, 2.24) is 5.32 Å². The number of carbonyl (C=O) groups is 2. The number of urea groups is 1. The fraction of sp³-hybridized carbons (Fsp3) is 0.294. The van der Waals surface area contributed by atoms with E-state index in [-0.39, 0.29) is 5.69 Å². The van der Waals surface area contributed by atoms with Gasteiger partial charge in [0.2, 0.25) is 0 Å². The van der Waals surface area contributed by atoms with Crippen molar-refractivity contribution in [2.24, 2.45) is 0 Å². The number of hydrogen-bond acceptors (Lipinski definition) is 4. The number of anilines is 2. The van der Waals surface area contributed by atoms with Gasteiger partial charge in [0.25, 0.3) is 5.91 Å². The van der Waals surface area contributed by atoms with E-state index in [1.165, 1.54) is 30.5 Å². The molecule has 0 unspecified atom stereocenters. The molecule has 1 aromatic heterocycles. The SMILES string of the molecule is COCCCNC(=O)Nc1ccc(F)c(NC(=O)c2ccoc2C)c1. The fourth-order valence-electron chi connectivity index (χ4n) is 2.10. The van der Waals surface area contributed by atoms with Crippen LogP contribution in [0.1, 0.15) is 22.5 Å². The Balaban J connectivity index is 1.99. The molecule has 0 bridgehead atoms. The standard InChI is InChI=1S/C17H20FN3O4/c1-11-13(6-9-25-11)16(22)21-15-10-12(4-5-14(15)18)20-17(23)19-7-3-8-24-2/h4-6,9-10H,3,7-8H2,1-2H3,(H,21,22)(H2,19,20,23). The summed E-state index contributed by atoms with van der Waals surface area (Å²) in [5, 5.41) is 7.69. The van der Waals surface area contributed by atoms with Gasteiger partial charge in [-0.25, -0.2) is 9.18 Å². The Morgan fingerprint density at radius 2 is 2.04 bits per heavy atom. The monoisotopic (exact) mass is 349 g/mol. The van der Waals surface area contributed by atoms with Crippen molar-refractivity contribution in [3.63, 3.8) is 0 Å². The first-order valence-electron chi connectivity index (χ1n) is 7.70. The van der Waals surface area contributed by atoms with E-state index in [2.05, 4.69) is 16.0 Å². The summed E-state index contributed by atoms with van der Waals surface area (Å²) in [6.07, 6.45) is 2.06. The first-order valence-corrected chi connectivity index (χ1v) is 7.70. The highest BCUT2D eigenvalue weighted by molar-refractivity contribution is 6.05. The maximum atomic E-state index is 13.9. The van der Waals surface area contributed by atoms with Gasteiger partial charge in [0.15, 0.2) is 0 Å². The third-order valence-electron chi connectivity index (χ3n) is 3.39. The van der Waals surface area contributed by atoms with Crippen LogP contribution >= 0.6 is 0 Å². The molecule has 2 rings (SSSR count). The van der Waals surface area contributed by atoms with Gasteiger partial charge in [-0.2, -0.15) is 0 Å². The molecule has 8 heteroatoms. The number of ether oxygens (including phenoxy) is 1. The quantitative estimate of drug-likeness (QED) is 0.670. The lowest BCUT2D eigenvalue weighted by atomic mass is 10.2. The summed E-state index contributed by atoms with van der Waals surface area (Å²) < 4.78 is 23.9. The first kappa shape index (κ1) is 18.5. The lowest BCUT2D eigenvalue weighted by Crippen LogP contribution is -2.30. The Kier molecular flexibility index (Phi) is 6.53. The molecule has 2 aromatic rings. The zero-order valence-electron chi connectivity index (χ0n) is 14.0. The Hall–Kier alpha value is -2.87. The zero-order valence-corrected chi connectivity index (χ0v) is 14.0. The first-order chi connectivity index (χ1) is 12.0. The minimum Gasteiger partial charge on any atom is -0.469 e. The van der Waals surface area contributed by atoms with E-state index in [9.17, 15) is 14.0 Å². The predicted molar refractivity (Wildman–Crippen MR) is 91.3 cm³/mol. The molecule has 7 nitrogen and oxygen atoms in total. The number of aryl methyl sites for hydroxylation is 1. The Bertz CT molecular complexity index is 745. The molecule has 0 atom stereocenters. The highest BCUT2D eigenvalue weighted by Crippen LogP contribution is 2.21. The Morgan fingerprint density at radius 3 is 2.72 bits per heavy atom. The van der Waals surface area contributed by atoms with Crippen molar-refractivity contribution in [2.75, 3.05) is 30.9 Å². The third-order valence-corrected chi connectivity index (χ3v) is 3.39. The van der Waals surface area contributed by atoms with Gasteiger partial charge in [0.05, 0.1) is 17.5 Å². The number of methoxy groups -OCH3 is 1. The second-order valence-electron chi connectivity index (χ2n) is 5.27. The molecule has 0 fully saturated rings. The van der Waals surface area contributed by atoms with Crippen molar-refractivity contribution in [2.45, 2.75) is 13.3 Å². The van der Waals surface area contributed by atoms with E-state index in [0.29, 0.717) is 36.6 Å². The van der Waals surface area contributed by atoms with Gasteiger partial charge >= 0.3 is 6.03 Å². The second kappa shape index (κ2) is 8.84. The lowest BCUT2D eigenvalue weighted by Gasteiger charge is -2.10. The molecular weight excluding hydrogens is 329 g/mol. The average molecular weight is 349 g/mol. The minimum atomic E-state index is -0.611. The summed E-state index contributed by atoms with van der Waals surface area (Å²) in [5.74, 6) is -0.672. The number of halogens is 1. The topological polar surface area (TPSA) is 92.6 Å². The lowest BCUT2D eigenvalue weighted by molar-refractivity contribution is 0.102. The van der Waals surface area contributed by atoms with Crippen LogP contribution in [0, 0.1) is 12.7 Å². The van der Waals surface area contributed by atoms with Crippen molar-refractivity contribution in [3.05, 3.63) is 47.7 Å². The zero-order chi connectivity index (χ0) is 18.2. The van der Waals surface area contributed by atoms with Crippen LogP contribution in [0.25, 0.3) is 0 Å². The summed E-state index contributed by atoms with van der Waals surface area (Å²) in [6, 6.07) is 4.99. The summed E-state index contributed by atoms with van der Waals surface area (Å²) in [5.41, 5.74) is 0.626. The molecule has 0 saturated carbocycles. The highest BCUT2D eigenvalue weighted by Gasteiger charge is 2.14. The van der Waals surface area contributed by atoms with Crippen molar-refractivity contribution in [1.29, 1.82) is 0 Å². The van der Waals surface area contributed by atoms with Gasteiger partial charge in [0.1, 0.15) is 11.6 Å². The molecule has 0 aliphatic carbocycles. The summed E-state index contributed by atoms with van der Waals surface area (Å²) in [7, 11) is 1.58. The highest BCUT2D eigenvalue weighted by atomic mass is 19.1. The molecule has 0 aliphatic rings. The Morgan fingerprint density at radius 1 is 1.24 bits per heavy atom. The van der Waals surface area contributed by atoms with Crippen molar-refractivity contribution < 1.29 is 23.1 Å². The van der Waals surface area contributed by atoms with Gasteiger partial charge in [-0.05, 0) is 37.6 Å². The van der Waals surface area contributed by atoms with E-state index in [1.54, 1.807) is 14.0 Å². The summed E-state index contributed by atoms with van der Waals surface area (Å²) in [4.78, 5) is 23.9. The van der Waals surface area contributed by atoms with Gasteiger partial charge in [-0.1, -0.05) is 0 Å². The van der Waals surface area contributed by atoms with E-state index < -0.39 is 17.8 Å². The molecule has 3 amide bonds. The van der Waals surface area contributed by atoms with Crippen LogP contribution in [0.2, 0.25) is 0 Å². The number of nitrogens with one attached hydrogen (secondary N) is 3. The molecular formula is C17H20FN3O4. The number of furan rings is 1. The Labute approximate surface area is 144 Å². The molecule has 0 aliphatic heterocycles. The van der Waals surface area contributed by atoms with Crippen molar-refractivity contribution >= 4 is 23.3 Å². The van der Waals surface area contributed by atoms with Crippen LogP contribution in [0.3, 0.4) is 0 Å². The largest absolute Gasteiger partial charge is 0.469 e. The minimum absolute atomic E-state index is 0.0391. The van der Waals surface area contributed by atoms with Gasteiger partial charge < -0.3 is 25.1 Å². The maximum absolute atomic E-state index is 13.9. The van der Waals surface area contributed by atoms with Crippen LogP contribution in [-0.2, 0) is 4.74 Å². The molecule has 3 N–H and O–H groups in total. The van der Waals surface area contributed by atoms with Crippen LogP contribution in [0.15, 0.2) is 34.9 Å². The van der Waals surface area contributed by atoms with E-state index >= 15 is 0 Å². The average Bonchev–Trinajstić information content (AvgIpc) is 3.01. The summed E-state index contributed by atoms with van der Waals surface area (Å²) in [6.45, 7) is 2.63. The molecule has 0 spiro atoms.